The number of nitrogens with zero attached hydrogens (tertiary/aromatic N) is 4. The van der Waals surface area contributed by atoms with Gasteiger partial charge >= 0.3 is 0 Å². The van der Waals surface area contributed by atoms with Crippen LogP contribution in [0, 0.1) is 0 Å². The second-order valence-corrected chi connectivity index (χ2v) is 5.88. The molecular weight excluding hydrogens is 306 g/mol. The maximum atomic E-state index is 12.3. The summed E-state index contributed by atoms with van der Waals surface area (Å²) in [5, 5.41) is 6.79. The first-order valence-corrected chi connectivity index (χ1v) is 8.26. The van der Waals surface area contributed by atoms with Crippen LogP contribution in [0.4, 0.5) is 5.95 Å². The van der Waals surface area contributed by atoms with E-state index in [9.17, 15) is 9.59 Å². The highest BCUT2D eigenvalue weighted by molar-refractivity contribution is 6.03. The number of anilines is 1. The molecule has 1 fully saturated rings. The molecule has 1 aliphatic heterocycles. The molecule has 2 amide bonds. The lowest BCUT2D eigenvalue weighted by atomic mass is 10.2. The Hall–Kier alpha value is -2.70. The highest BCUT2D eigenvalue weighted by atomic mass is 16.2. The van der Waals surface area contributed by atoms with Crippen LogP contribution < -0.4 is 5.32 Å². The van der Waals surface area contributed by atoms with Crippen molar-refractivity contribution in [1.29, 1.82) is 0 Å². The standard InChI is InChI=1S/C17H21N5O2/c23-15(21-10-6-1-2-7-11-21)12-22-13-18-17(20-22)19-16(24)14-8-4-3-5-9-14/h3-5,8-9,13H,1-2,6-7,10-12H2,(H,19,20,24). The van der Waals surface area contributed by atoms with Crippen molar-refractivity contribution in [2.45, 2.75) is 32.2 Å². The molecule has 0 radical (unpaired) electrons. The predicted molar refractivity (Wildman–Crippen MR) is 89.5 cm³/mol. The molecule has 0 aliphatic carbocycles. The second kappa shape index (κ2) is 7.72. The molecule has 2 aromatic rings. The second-order valence-electron chi connectivity index (χ2n) is 5.88. The zero-order valence-electron chi connectivity index (χ0n) is 13.5. The number of rotatable bonds is 4. The number of hydrogen-bond donors (Lipinski definition) is 1. The lowest BCUT2D eigenvalue weighted by molar-refractivity contribution is -0.132. The van der Waals surface area contributed by atoms with Crippen LogP contribution in [0.3, 0.4) is 0 Å². The number of aromatic nitrogens is 3. The van der Waals surface area contributed by atoms with E-state index in [1.165, 1.54) is 23.9 Å². The third-order valence-corrected chi connectivity index (χ3v) is 4.05. The summed E-state index contributed by atoms with van der Waals surface area (Å²) in [5.74, 6) is -0.0255. The van der Waals surface area contributed by atoms with Gasteiger partial charge in [0.1, 0.15) is 12.9 Å². The van der Waals surface area contributed by atoms with Crippen molar-refractivity contribution in [3.63, 3.8) is 0 Å². The van der Waals surface area contributed by atoms with E-state index in [0.29, 0.717) is 5.56 Å². The lowest BCUT2D eigenvalue weighted by Gasteiger charge is -2.19. The Morgan fingerprint density at radius 1 is 1.04 bits per heavy atom. The van der Waals surface area contributed by atoms with Gasteiger partial charge in [0.05, 0.1) is 0 Å². The van der Waals surface area contributed by atoms with E-state index in [4.69, 9.17) is 0 Å². The molecule has 1 N–H and O–H groups in total. The molecule has 1 aliphatic rings. The summed E-state index contributed by atoms with van der Waals surface area (Å²) < 4.78 is 1.47. The number of carbonyl (C=O) groups excluding carboxylic acids is 2. The zero-order chi connectivity index (χ0) is 16.8. The van der Waals surface area contributed by atoms with Crippen molar-refractivity contribution in [2.24, 2.45) is 0 Å². The van der Waals surface area contributed by atoms with Gasteiger partial charge in [0.15, 0.2) is 0 Å². The fourth-order valence-corrected chi connectivity index (χ4v) is 2.75. The van der Waals surface area contributed by atoms with E-state index in [1.807, 2.05) is 11.0 Å². The highest BCUT2D eigenvalue weighted by Crippen LogP contribution is 2.10. The minimum atomic E-state index is -0.271. The van der Waals surface area contributed by atoms with E-state index in [-0.39, 0.29) is 24.3 Å². The van der Waals surface area contributed by atoms with Gasteiger partial charge in [0, 0.05) is 18.7 Å². The lowest BCUT2D eigenvalue weighted by Crippen LogP contribution is -2.34. The Kier molecular flexibility index (Phi) is 5.20. The molecule has 3 rings (SSSR count). The third kappa shape index (κ3) is 4.18. The molecular formula is C17H21N5O2. The van der Waals surface area contributed by atoms with Crippen LogP contribution in [0.25, 0.3) is 0 Å². The van der Waals surface area contributed by atoms with Crippen molar-refractivity contribution >= 4 is 17.8 Å². The summed E-state index contributed by atoms with van der Waals surface area (Å²) >= 11 is 0. The maximum Gasteiger partial charge on any atom is 0.258 e. The van der Waals surface area contributed by atoms with Crippen molar-refractivity contribution in [3.05, 3.63) is 42.2 Å². The fraction of sp³-hybridized carbons (Fsp3) is 0.412. The van der Waals surface area contributed by atoms with Crippen molar-refractivity contribution in [2.75, 3.05) is 18.4 Å². The Labute approximate surface area is 140 Å². The first-order valence-electron chi connectivity index (χ1n) is 8.26. The summed E-state index contributed by atoms with van der Waals surface area (Å²) in [6, 6.07) is 8.87. The van der Waals surface area contributed by atoms with Crippen molar-refractivity contribution in [3.8, 4) is 0 Å². The summed E-state index contributed by atoms with van der Waals surface area (Å²) in [7, 11) is 0. The van der Waals surface area contributed by atoms with Crippen LogP contribution in [0.2, 0.25) is 0 Å². The van der Waals surface area contributed by atoms with Crippen LogP contribution in [0.5, 0.6) is 0 Å². The van der Waals surface area contributed by atoms with Gasteiger partial charge < -0.3 is 4.90 Å². The molecule has 7 nitrogen and oxygen atoms in total. The minimum Gasteiger partial charge on any atom is -0.341 e. The zero-order valence-corrected chi connectivity index (χ0v) is 13.5. The summed E-state index contributed by atoms with van der Waals surface area (Å²) in [5.41, 5.74) is 0.537. The largest absolute Gasteiger partial charge is 0.341 e. The van der Waals surface area contributed by atoms with Gasteiger partial charge in [-0.05, 0) is 25.0 Å². The number of hydrogen-bond acceptors (Lipinski definition) is 4. The molecule has 0 bridgehead atoms. The monoisotopic (exact) mass is 327 g/mol. The minimum absolute atomic E-state index is 0.0442. The predicted octanol–water partition coefficient (Wildman–Crippen LogP) is 1.93. The first kappa shape index (κ1) is 16.2. The van der Waals surface area contributed by atoms with Gasteiger partial charge in [0.25, 0.3) is 5.91 Å². The topological polar surface area (TPSA) is 80.1 Å². The molecule has 0 unspecified atom stereocenters. The molecule has 2 heterocycles. The van der Waals surface area contributed by atoms with E-state index >= 15 is 0 Å². The molecule has 1 aromatic heterocycles. The Morgan fingerprint density at radius 3 is 2.46 bits per heavy atom. The van der Waals surface area contributed by atoms with Crippen LogP contribution in [0.15, 0.2) is 36.7 Å². The molecule has 1 saturated heterocycles. The van der Waals surface area contributed by atoms with Crippen LogP contribution in [-0.2, 0) is 11.3 Å². The third-order valence-electron chi connectivity index (χ3n) is 4.05. The quantitative estimate of drug-likeness (QED) is 0.930. The van der Waals surface area contributed by atoms with Gasteiger partial charge in [0.2, 0.25) is 11.9 Å². The van der Waals surface area contributed by atoms with Crippen molar-refractivity contribution < 1.29 is 9.59 Å². The van der Waals surface area contributed by atoms with Gasteiger partial charge in [-0.3, -0.25) is 14.9 Å². The van der Waals surface area contributed by atoms with Gasteiger partial charge in [-0.15, -0.1) is 5.10 Å². The van der Waals surface area contributed by atoms with Gasteiger partial charge in [-0.2, -0.15) is 0 Å². The molecule has 0 saturated carbocycles. The van der Waals surface area contributed by atoms with Crippen molar-refractivity contribution in [1.82, 2.24) is 19.7 Å². The molecule has 0 spiro atoms. The average Bonchev–Trinajstić information content (AvgIpc) is 2.86. The number of amides is 2. The molecule has 0 atom stereocenters. The smallest absolute Gasteiger partial charge is 0.258 e. The molecule has 7 heteroatoms. The van der Waals surface area contributed by atoms with Gasteiger partial charge in [-0.1, -0.05) is 31.0 Å². The van der Waals surface area contributed by atoms with Crippen LogP contribution >= 0.6 is 0 Å². The Balaban J connectivity index is 1.57. The number of carbonyl (C=O) groups is 2. The molecule has 1 aromatic carbocycles. The molecule has 24 heavy (non-hydrogen) atoms. The SMILES string of the molecule is O=C(Nc1ncn(CC(=O)N2CCCCCC2)n1)c1ccccc1. The van der Waals surface area contributed by atoms with E-state index in [1.54, 1.807) is 24.3 Å². The summed E-state index contributed by atoms with van der Waals surface area (Å²) in [6.45, 7) is 1.77. The Bertz CT molecular complexity index is 690. The van der Waals surface area contributed by atoms with Crippen LogP contribution in [0.1, 0.15) is 36.0 Å². The Morgan fingerprint density at radius 2 is 1.75 bits per heavy atom. The van der Waals surface area contributed by atoms with E-state index < -0.39 is 0 Å². The average molecular weight is 327 g/mol. The maximum absolute atomic E-state index is 12.3. The number of nitrogens with one attached hydrogen (secondary N) is 1. The number of likely N-dealkylation sites (tertiary alicyclic amines) is 1. The van der Waals surface area contributed by atoms with Crippen LogP contribution in [-0.4, -0.2) is 44.6 Å². The van der Waals surface area contributed by atoms with E-state index in [2.05, 4.69) is 15.4 Å². The highest BCUT2D eigenvalue weighted by Gasteiger charge is 2.17. The normalized spacial score (nSPS) is 14.9. The van der Waals surface area contributed by atoms with E-state index in [0.717, 1.165) is 25.9 Å². The molecule has 126 valence electrons. The first-order chi connectivity index (χ1) is 11.7. The number of benzene rings is 1. The summed E-state index contributed by atoms with van der Waals surface area (Å²) in [6.07, 6.45) is 5.95. The fourth-order valence-electron chi connectivity index (χ4n) is 2.75. The van der Waals surface area contributed by atoms with Gasteiger partial charge in [-0.25, -0.2) is 9.67 Å². The summed E-state index contributed by atoms with van der Waals surface area (Å²) in [4.78, 5) is 30.3.